The normalized spacial score (nSPS) is 15.3. The molecule has 0 aromatic heterocycles. The molecule has 0 aliphatic heterocycles. The number of ether oxygens (including phenoxy) is 1. The number of rotatable bonds is 9. The first-order chi connectivity index (χ1) is 12.9. The lowest BCUT2D eigenvalue weighted by Crippen LogP contribution is -1.93. The van der Waals surface area contributed by atoms with Crippen molar-refractivity contribution in [3.63, 3.8) is 0 Å². The SMILES string of the molecule is C/C=C/C(C)=C/C=C/C(C)=C/C=C/C=C(C)/C=C/C=C(C)/C=C/C(=O)OC. The van der Waals surface area contributed by atoms with Gasteiger partial charge in [-0.05, 0) is 34.6 Å². The van der Waals surface area contributed by atoms with Gasteiger partial charge in [0.25, 0.3) is 0 Å². The third-order valence-electron chi connectivity index (χ3n) is 3.38. The second-order valence-electron chi connectivity index (χ2n) is 6.10. The Morgan fingerprint density at radius 2 is 1.00 bits per heavy atom. The van der Waals surface area contributed by atoms with Crippen LogP contribution in [0.2, 0.25) is 0 Å². The van der Waals surface area contributed by atoms with Gasteiger partial charge in [-0.3, -0.25) is 0 Å². The first-order valence-corrected chi connectivity index (χ1v) is 8.99. The summed E-state index contributed by atoms with van der Waals surface area (Å²) in [6.07, 6.45) is 27.6. The summed E-state index contributed by atoms with van der Waals surface area (Å²) in [4.78, 5) is 11.0. The zero-order valence-electron chi connectivity index (χ0n) is 17.4. The Labute approximate surface area is 165 Å². The number of allylic oxidation sites excluding steroid dienone is 17. The topological polar surface area (TPSA) is 26.3 Å². The van der Waals surface area contributed by atoms with Crippen LogP contribution in [0.25, 0.3) is 0 Å². The molecule has 0 aliphatic rings. The molecule has 0 aromatic rings. The van der Waals surface area contributed by atoms with Crippen molar-refractivity contribution in [1.29, 1.82) is 0 Å². The molecule has 144 valence electrons. The Bertz CT molecular complexity index is 730. The number of carbonyl (C=O) groups excluding carboxylic acids is 1. The van der Waals surface area contributed by atoms with Crippen molar-refractivity contribution in [2.45, 2.75) is 34.6 Å². The Kier molecular flexibility index (Phi) is 13.8. The van der Waals surface area contributed by atoms with Crippen LogP contribution in [0.5, 0.6) is 0 Å². The first kappa shape index (κ1) is 24.1. The standard InChI is InChI=1S/C25H32O2/c1-7-12-21(2)15-10-16-22(3)13-8-9-14-23(4)17-11-18-24(5)19-20-25(26)27-6/h7-20H,1-6H3/b9-8+,12-7+,16-10+,17-11+,20-19+,21-15+,22-13+,23-14+,24-18+. The van der Waals surface area contributed by atoms with E-state index in [1.54, 1.807) is 6.08 Å². The van der Waals surface area contributed by atoms with Crippen molar-refractivity contribution in [1.82, 2.24) is 0 Å². The van der Waals surface area contributed by atoms with E-state index in [2.05, 4.69) is 49.0 Å². The minimum atomic E-state index is -0.352. The molecule has 0 unspecified atom stereocenters. The van der Waals surface area contributed by atoms with E-state index >= 15 is 0 Å². The predicted molar refractivity (Wildman–Crippen MR) is 118 cm³/mol. The first-order valence-electron chi connectivity index (χ1n) is 8.99. The molecule has 0 saturated carbocycles. The largest absolute Gasteiger partial charge is 0.466 e. The van der Waals surface area contributed by atoms with E-state index in [1.807, 2.05) is 63.3 Å². The van der Waals surface area contributed by atoms with Gasteiger partial charge in [-0.1, -0.05) is 101 Å². The summed E-state index contributed by atoms with van der Waals surface area (Å²) in [7, 11) is 1.36. The lowest BCUT2D eigenvalue weighted by molar-refractivity contribution is -0.134. The molecule has 0 rings (SSSR count). The number of esters is 1. The third kappa shape index (κ3) is 15.1. The summed E-state index contributed by atoms with van der Waals surface area (Å²) in [5, 5.41) is 0. The molecule has 0 aliphatic carbocycles. The lowest BCUT2D eigenvalue weighted by atomic mass is 10.2. The van der Waals surface area contributed by atoms with Gasteiger partial charge in [0.15, 0.2) is 0 Å². The molecular formula is C25H32O2. The summed E-state index contributed by atoms with van der Waals surface area (Å²) < 4.78 is 4.55. The van der Waals surface area contributed by atoms with Crippen molar-refractivity contribution >= 4 is 5.97 Å². The van der Waals surface area contributed by atoms with Crippen LogP contribution in [-0.2, 0) is 9.53 Å². The smallest absolute Gasteiger partial charge is 0.330 e. The molecule has 0 fully saturated rings. The van der Waals surface area contributed by atoms with Crippen LogP contribution < -0.4 is 0 Å². The fraction of sp³-hybridized carbons (Fsp3) is 0.240. The molecule has 0 amide bonds. The average molecular weight is 365 g/mol. The Morgan fingerprint density at radius 1 is 0.593 bits per heavy atom. The maximum atomic E-state index is 11.0. The van der Waals surface area contributed by atoms with Gasteiger partial charge in [0.2, 0.25) is 0 Å². The van der Waals surface area contributed by atoms with E-state index in [1.165, 1.54) is 24.3 Å². The van der Waals surface area contributed by atoms with Gasteiger partial charge < -0.3 is 4.74 Å². The molecule has 0 atom stereocenters. The fourth-order valence-corrected chi connectivity index (χ4v) is 1.87. The van der Waals surface area contributed by atoms with Crippen molar-refractivity contribution in [2.75, 3.05) is 7.11 Å². The van der Waals surface area contributed by atoms with E-state index in [0.717, 1.165) is 11.1 Å². The minimum Gasteiger partial charge on any atom is -0.466 e. The van der Waals surface area contributed by atoms with Crippen molar-refractivity contribution in [2.24, 2.45) is 0 Å². The second kappa shape index (κ2) is 15.4. The Morgan fingerprint density at radius 3 is 1.44 bits per heavy atom. The van der Waals surface area contributed by atoms with E-state index in [9.17, 15) is 4.79 Å². The summed E-state index contributed by atoms with van der Waals surface area (Å²) >= 11 is 0. The zero-order valence-corrected chi connectivity index (χ0v) is 17.4. The predicted octanol–water partition coefficient (Wildman–Crippen LogP) is 6.75. The van der Waals surface area contributed by atoms with Crippen LogP contribution in [0, 0.1) is 0 Å². The van der Waals surface area contributed by atoms with Crippen LogP contribution >= 0.6 is 0 Å². The van der Waals surface area contributed by atoms with Gasteiger partial charge in [-0.2, -0.15) is 0 Å². The second-order valence-corrected chi connectivity index (χ2v) is 6.10. The maximum absolute atomic E-state index is 11.0. The summed E-state index contributed by atoms with van der Waals surface area (Å²) in [5.74, 6) is -0.352. The average Bonchev–Trinajstić information content (AvgIpc) is 2.63. The molecule has 0 radical (unpaired) electrons. The molecule has 2 heteroatoms. The molecule has 0 spiro atoms. The monoisotopic (exact) mass is 364 g/mol. The van der Waals surface area contributed by atoms with E-state index in [0.29, 0.717) is 0 Å². The highest BCUT2D eigenvalue weighted by Crippen LogP contribution is 2.02. The third-order valence-corrected chi connectivity index (χ3v) is 3.38. The summed E-state index contributed by atoms with van der Waals surface area (Å²) in [5.41, 5.74) is 4.53. The number of hydrogen-bond acceptors (Lipinski definition) is 2. The molecule has 2 nitrogen and oxygen atoms in total. The molecule has 27 heavy (non-hydrogen) atoms. The highest BCUT2D eigenvalue weighted by Gasteiger charge is 1.89. The number of methoxy groups -OCH3 is 1. The quantitative estimate of drug-likeness (QED) is 0.257. The molecule has 0 aromatic carbocycles. The van der Waals surface area contributed by atoms with E-state index < -0.39 is 0 Å². The fourth-order valence-electron chi connectivity index (χ4n) is 1.87. The van der Waals surface area contributed by atoms with Crippen LogP contribution in [0.1, 0.15) is 34.6 Å². The van der Waals surface area contributed by atoms with Gasteiger partial charge in [-0.15, -0.1) is 0 Å². The Hall–Kier alpha value is -2.87. The lowest BCUT2D eigenvalue weighted by Gasteiger charge is -1.91. The molecule has 0 saturated heterocycles. The van der Waals surface area contributed by atoms with Crippen LogP contribution in [-0.4, -0.2) is 13.1 Å². The van der Waals surface area contributed by atoms with Crippen molar-refractivity contribution in [3.8, 4) is 0 Å². The van der Waals surface area contributed by atoms with Crippen LogP contribution in [0.3, 0.4) is 0 Å². The van der Waals surface area contributed by atoms with Gasteiger partial charge in [0.1, 0.15) is 0 Å². The zero-order chi connectivity index (χ0) is 20.5. The van der Waals surface area contributed by atoms with E-state index in [4.69, 9.17) is 0 Å². The van der Waals surface area contributed by atoms with Crippen LogP contribution in [0.15, 0.2) is 107 Å². The highest BCUT2D eigenvalue weighted by atomic mass is 16.5. The van der Waals surface area contributed by atoms with Crippen molar-refractivity contribution < 1.29 is 9.53 Å². The highest BCUT2D eigenvalue weighted by molar-refractivity contribution is 5.82. The van der Waals surface area contributed by atoms with Crippen LogP contribution in [0.4, 0.5) is 0 Å². The molecule has 0 bridgehead atoms. The minimum absolute atomic E-state index is 0.352. The summed E-state index contributed by atoms with van der Waals surface area (Å²) in [6, 6.07) is 0. The molecular weight excluding hydrogens is 332 g/mol. The molecule has 0 N–H and O–H groups in total. The van der Waals surface area contributed by atoms with Gasteiger partial charge in [0.05, 0.1) is 7.11 Å². The van der Waals surface area contributed by atoms with E-state index in [-0.39, 0.29) is 5.97 Å². The number of carbonyl (C=O) groups is 1. The molecule has 0 heterocycles. The number of hydrogen-bond donors (Lipinski definition) is 0. The summed E-state index contributed by atoms with van der Waals surface area (Å²) in [6.45, 7) is 10.1. The Balaban J connectivity index is 4.63. The van der Waals surface area contributed by atoms with Gasteiger partial charge in [-0.25, -0.2) is 4.79 Å². The van der Waals surface area contributed by atoms with Gasteiger partial charge >= 0.3 is 5.97 Å². The maximum Gasteiger partial charge on any atom is 0.330 e. The van der Waals surface area contributed by atoms with Gasteiger partial charge in [0, 0.05) is 6.08 Å². The van der Waals surface area contributed by atoms with Crippen molar-refractivity contribution in [3.05, 3.63) is 107 Å².